The Labute approximate surface area is 118 Å². The molecule has 4 N–H and O–H groups in total. The van der Waals surface area contributed by atoms with Gasteiger partial charge in [0.15, 0.2) is 5.11 Å². The molecule has 1 atom stereocenters. The van der Waals surface area contributed by atoms with Gasteiger partial charge in [-0.25, -0.2) is 0 Å². The summed E-state index contributed by atoms with van der Waals surface area (Å²) in [5.41, 5.74) is 8.62. The third-order valence-electron chi connectivity index (χ3n) is 2.86. The minimum Gasteiger partial charge on any atom is -0.377 e. The molecule has 2 aromatic rings. The van der Waals surface area contributed by atoms with Gasteiger partial charge in [0.2, 0.25) is 0 Å². The molecule has 98 valence electrons. The average Bonchev–Trinajstić information content (AvgIpc) is 2.41. The minimum atomic E-state index is 0.204. The molecule has 0 amide bonds. The highest BCUT2D eigenvalue weighted by atomic mass is 32.1. The van der Waals surface area contributed by atoms with Gasteiger partial charge in [0.25, 0.3) is 0 Å². The van der Waals surface area contributed by atoms with Crippen LogP contribution >= 0.6 is 12.2 Å². The van der Waals surface area contributed by atoms with Crippen LogP contribution in [0.25, 0.3) is 0 Å². The highest BCUT2D eigenvalue weighted by molar-refractivity contribution is 7.80. The number of benzene rings is 2. The molecule has 1 unspecified atom stereocenters. The SMILES string of the molecule is CC(Nc1ccccc1NC(N)=S)c1ccccc1. The number of anilines is 2. The number of para-hydroxylation sites is 2. The van der Waals surface area contributed by atoms with Crippen LogP contribution in [0, 0.1) is 0 Å². The maximum absolute atomic E-state index is 5.53. The molecule has 0 bridgehead atoms. The normalized spacial score (nSPS) is 11.6. The van der Waals surface area contributed by atoms with Crippen molar-refractivity contribution in [2.24, 2.45) is 5.73 Å². The first-order valence-electron chi connectivity index (χ1n) is 6.14. The number of nitrogens with two attached hydrogens (primary N) is 1. The van der Waals surface area contributed by atoms with E-state index in [4.69, 9.17) is 18.0 Å². The second kappa shape index (κ2) is 6.20. The van der Waals surface area contributed by atoms with Gasteiger partial charge in [-0.15, -0.1) is 0 Å². The van der Waals surface area contributed by atoms with Crippen molar-refractivity contribution in [3.8, 4) is 0 Å². The quantitative estimate of drug-likeness (QED) is 0.745. The lowest BCUT2D eigenvalue weighted by Crippen LogP contribution is -2.20. The molecule has 2 aromatic carbocycles. The van der Waals surface area contributed by atoms with Gasteiger partial charge < -0.3 is 16.4 Å². The molecule has 0 aliphatic heterocycles. The third kappa shape index (κ3) is 3.69. The Hall–Kier alpha value is -2.07. The van der Waals surface area contributed by atoms with E-state index in [1.165, 1.54) is 5.56 Å². The molecule has 0 heterocycles. The smallest absolute Gasteiger partial charge is 0.168 e. The van der Waals surface area contributed by atoms with Crippen molar-refractivity contribution in [3.05, 3.63) is 60.2 Å². The molecular weight excluding hydrogens is 254 g/mol. The van der Waals surface area contributed by atoms with Gasteiger partial charge >= 0.3 is 0 Å². The molecule has 0 saturated carbocycles. The summed E-state index contributed by atoms with van der Waals surface area (Å²) in [4.78, 5) is 0. The summed E-state index contributed by atoms with van der Waals surface area (Å²) < 4.78 is 0. The molecule has 4 heteroatoms. The Morgan fingerprint density at radius 1 is 1.00 bits per heavy atom. The van der Waals surface area contributed by atoms with E-state index in [1.807, 2.05) is 42.5 Å². The fourth-order valence-corrected chi connectivity index (χ4v) is 2.02. The lowest BCUT2D eigenvalue weighted by Gasteiger charge is -2.18. The van der Waals surface area contributed by atoms with E-state index in [9.17, 15) is 0 Å². The van der Waals surface area contributed by atoms with Crippen LogP contribution in [-0.4, -0.2) is 5.11 Å². The number of hydrogen-bond donors (Lipinski definition) is 3. The van der Waals surface area contributed by atoms with Gasteiger partial charge in [0.05, 0.1) is 11.4 Å². The van der Waals surface area contributed by atoms with Crippen LogP contribution in [0.3, 0.4) is 0 Å². The Morgan fingerprint density at radius 2 is 1.58 bits per heavy atom. The van der Waals surface area contributed by atoms with E-state index in [2.05, 4.69) is 29.7 Å². The Kier molecular flexibility index (Phi) is 4.36. The summed E-state index contributed by atoms with van der Waals surface area (Å²) in [6.45, 7) is 2.12. The summed E-state index contributed by atoms with van der Waals surface area (Å²) >= 11 is 4.88. The number of thiocarbonyl (C=S) groups is 1. The van der Waals surface area contributed by atoms with Crippen LogP contribution in [0.1, 0.15) is 18.5 Å². The molecule has 0 fully saturated rings. The molecule has 0 radical (unpaired) electrons. The summed E-state index contributed by atoms with van der Waals surface area (Å²) in [5, 5.41) is 6.70. The molecule has 0 spiro atoms. The fraction of sp³-hybridized carbons (Fsp3) is 0.133. The standard InChI is InChI=1S/C15H17N3S/c1-11(12-7-3-2-4-8-12)17-13-9-5-6-10-14(13)18-15(16)19/h2-11,17H,1H3,(H3,16,18,19). The molecule has 19 heavy (non-hydrogen) atoms. The molecular formula is C15H17N3S. The first-order valence-corrected chi connectivity index (χ1v) is 6.54. The summed E-state index contributed by atoms with van der Waals surface area (Å²) in [6, 6.07) is 18.3. The highest BCUT2D eigenvalue weighted by Gasteiger charge is 2.07. The summed E-state index contributed by atoms with van der Waals surface area (Å²) in [5.74, 6) is 0. The van der Waals surface area contributed by atoms with Crippen LogP contribution in [-0.2, 0) is 0 Å². The topological polar surface area (TPSA) is 50.1 Å². The molecule has 0 aliphatic carbocycles. The van der Waals surface area contributed by atoms with Crippen molar-refractivity contribution >= 4 is 28.7 Å². The van der Waals surface area contributed by atoms with Gasteiger partial charge in [-0.1, -0.05) is 42.5 Å². The van der Waals surface area contributed by atoms with Crippen LogP contribution in [0.2, 0.25) is 0 Å². The van der Waals surface area contributed by atoms with Crippen molar-refractivity contribution in [2.75, 3.05) is 10.6 Å². The second-order valence-electron chi connectivity index (χ2n) is 4.31. The van der Waals surface area contributed by atoms with Crippen molar-refractivity contribution < 1.29 is 0 Å². The van der Waals surface area contributed by atoms with E-state index >= 15 is 0 Å². The van der Waals surface area contributed by atoms with Gasteiger partial charge in [0, 0.05) is 6.04 Å². The predicted molar refractivity (Wildman–Crippen MR) is 85.3 cm³/mol. The van der Waals surface area contributed by atoms with Crippen LogP contribution in [0.5, 0.6) is 0 Å². The van der Waals surface area contributed by atoms with Crippen molar-refractivity contribution in [3.63, 3.8) is 0 Å². The lowest BCUT2D eigenvalue weighted by atomic mass is 10.1. The first kappa shape index (κ1) is 13.4. The van der Waals surface area contributed by atoms with Crippen LogP contribution < -0.4 is 16.4 Å². The van der Waals surface area contributed by atoms with Crippen LogP contribution in [0.15, 0.2) is 54.6 Å². The number of rotatable bonds is 4. The van der Waals surface area contributed by atoms with Gasteiger partial charge in [-0.3, -0.25) is 0 Å². The second-order valence-corrected chi connectivity index (χ2v) is 4.75. The van der Waals surface area contributed by atoms with Crippen molar-refractivity contribution in [1.29, 1.82) is 0 Å². The summed E-state index contributed by atoms with van der Waals surface area (Å²) in [7, 11) is 0. The number of hydrogen-bond acceptors (Lipinski definition) is 2. The first-order chi connectivity index (χ1) is 9.16. The van der Waals surface area contributed by atoms with E-state index in [0.717, 1.165) is 11.4 Å². The average molecular weight is 271 g/mol. The molecule has 0 aromatic heterocycles. The van der Waals surface area contributed by atoms with Crippen molar-refractivity contribution in [1.82, 2.24) is 0 Å². The zero-order valence-corrected chi connectivity index (χ0v) is 11.6. The van der Waals surface area contributed by atoms with Gasteiger partial charge in [0.1, 0.15) is 0 Å². The maximum atomic E-state index is 5.53. The van der Waals surface area contributed by atoms with E-state index in [0.29, 0.717) is 0 Å². The van der Waals surface area contributed by atoms with E-state index < -0.39 is 0 Å². The van der Waals surface area contributed by atoms with E-state index in [-0.39, 0.29) is 11.2 Å². The monoisotopic (exact) mass is 271 g/mol. The third-order valence-corrected chi connectivity index (χ3v) is 2.96. The zero-order chi connectivity index (χ0) is 13.7. The minimum absolute atomic E-state index is 0.204. The van der Waals surface area contributed by atoms with Crippen molar-refractivity contribution in [2.45, 2.75) is 13.0 Å². The number of nitrogens with one attached hydrogen (secondary N) is 2. The molecule has 2 rings (SSSR count). The predicted octanol–water partition coefficient (Wildman–Crippen LogP) is 3.52. The zero-order valence-electron chi connectivity index (χ0n) is 10.8. The lowest BCUT2D eigenvalue weighted by molar-refractivity contribution is 0.885. The largest absolute Gasteiger partial charge is 0.377 e. The maximum Gasteiger partial charge on any atom is 0.168 e. The Bertz CT molecular complexity index is 554. The van der Waals surface area contributed by atoms with Gasteiger partial charge in [-0.05, 0) is 36.8 Å². The molecule has 0 saturated heterocycles. The molecule has 3 nitrogen and oxygen atoms in total. The molecule has 0 aliphatic rings. The van der Waals surface area contributed by atoms with Crippen LogP contribution in [0.4, 0.5) is 11.4 Å². The summed E-state index contributed by atoms with van der Waals surface area (Å²) in [6.07, 6.45) is 0. The Morgan fingerprint density at radius 3 is 2.21 bits per heavy atom. The highest BCUT2D eigenvalue weighted by Crippen LogP contribution is 2.25. The van der Waals surface area contributed by atoms with Gasteiger partial charge in [-0.2, -0.15) is 0 Å². The Balaban J connectivity index is 2.17. The fourth-order valence-electron chi connectivity index (χ4n) is 1.91. The van der Waals surface area contributed by atoms with E-state index in [1.54, 1.807) is 0 Å².